The number of nitrogens with one attached hydrogen (secondary N) is 2. The molecule has 0 fully saturated rings. The first-order valence-corrected chi connectivity index (χ1v) is 5.65. The van der Waals surface area contributed by atoms with Crippen LogP contribution in [0.4, 0.5) is 4.39 Å². The summed E-state index contributed by atoms with van der Waals surface area (Å²) in [6.45, 7) is 0. The minimum atomic E-state index is -0.207. The maximum Gasteiger partial charge on any atom is 0.125 e. The van der Waals surface area contributed by atoms with Gasteiger partial charge in [0, 0.05) is 10.9 Å². The molecule has 84 valence electrons. The lowest BCUT2D eigenvalue weighted by atomic mass is 9.94. The number of hydrogen-bond acceptors (Lipinski definition) is 1. The van der Waals surface area contributed by atoms with Crippen LogP contribution in [0.2, 0.25) is 0 Å². The molecule has 2 heterocycles. The first kappa shape index (κ1) is 8.98. The lowest BCUT2D eigenvalue weighted by Gasteiger charge is -2.10. The van der Waals surface area contributed by atoms with E-state index < -0.39 is 0 Å². The third-order valence-corrected chi connectivity index (χ3v) is 3.48. The molecule has 0 atom stereocenters. The zero-order chi connectivity index (χ0) is 11.4. The molecular weight excluding hydrogens is 217 g/mol. The lowest BCUT2D eigenvalue weighted by Crippen LogP contribution is -2.00. The van der Waals surface area contributed by atoms with E-state index >= 15 is 0 Å². The van der Waals surface area contributed by atoms with Crippen molar-refractivity contribution < 1.29 is 4.39 Å². The molecule has 4 heteroatoms. The summed E-state index contributed by atoms with van der Waals surface area (Å²) in [6.07, 6.45) is 3.83. The third-order valence-electron chi connectivity index (χ3n) is 3.48. The molecule has 0 radical (unpaired) electrons. The number of hydrogen-bond donors (Lipinski definition) is 2. The Morgan fingerprint density at radius 3 is 3.06 bits per heavy atom. The largest absolute Gasteiger partial charge is 0.353 e. The van der Waals surface area contributed by atoms with Gasteiger partial charge in [-0.3, -0.25) is 5.10 Å². The van der Waals surface area contributed by atoms with Crippen molar-refractivity contribution in [3.8, 4) is 11.4 Å². The Bertz CT molecular complexity index is 723. The van der Waals surface area contributed by atoms with Gasteiger partial charge in [0.1, 0.15) is 5.82 Å². The van der Waals surface area contributed by atoms with Gasteiger partial charge in [-0.15, -0.1) is 0 Å². The highest BCUT2D eigenvalue weighted by atomic mass is 19.1. The van der Waals surface area contributed by atoms with E-state index in [-0.39, 0.29) is 5.82 Å². The van der Waals surface area contributed by atoms with Gasteiger partial charge in [0.05, 0.1) is 17.6 Å². The molecule has 3 aromatic rings. The SMILES string of the molecule is Fc1ccc2c3c([nH]c2c1)-c1[nH]ncc1CC3. The van der Waals surface area contributed by atoms with Crippen LogP contribution in [0.25, 0.3) is 22.3 Å². The van der Waals surface area contributed by atoms with Crippen molar-refractivity contribution in [3.05, 3.63) is 41.3 Å². The topological polar surface area (TPSA) is 44.5 Å². The number of H-pyrrole nitrogens is 2. The summed E-state index contributed by atoms with van der Waals surface area (Å²) in [5.41, 5.74) is 5.45. The number of halogens is 1. The Kier molecular flexibility index (Phi) is 1.57. The van der Waals surface area contributed by atoms with E-state index in [0.29, 0.717) is 0 Å². The highest BCUT2D eigenvalue weighted by molar-refractivity contribution is 5.91. The number of aromatic amines is 2. The van der Waals surface area contributed by atoms with Crippen molar-refractivity contribution >= 4 is 10.9 Å². The second-order valence-electron chi connectivity index (χ2n) is 4.44. The molecule has 1 aromatic carbocycles. The molecule has 0 aliphatic heterocycles. The van der Waals surface area contributed by atoms with Crippen molar-refractivity contribution in [2.45, 2.75) is 12.8 Å². The number of benzene rings is 1. The van der Waals surface area contributed by atoms with E-state index in [1.165, 1.54) is 17.2 Å². The van der Waals surface area contributed by atoms with Crippen LogP contribution in [0.3, 0.4) is 0 Å². The van der Waals surface area contributed by atoms with E-state index in [4.69, 9.17) is 0 Å². The smallest absolute Gasteiger partial charge is 0.125 e. The summed E-state index contributed by atoms with van der Waals surface area (Å²) in [7, 11) is 0. The molecule has 4 rings (SSSR count). The summed E-state index contributed by atoms with van der Waals surface area (Å²) in [4.78, 5) is 3.29. The Labute approximate surface area is 96.7 Å². The van der Waals surface area contributed by atoms with Gasteiger partial charge >= 0.3 is 0 Å². The average Bonchev–Trinajstić information content (AvgIpc) is 2.90. The van der Waals surface area contributed by atoms with Crippen molar-refractivity contribution in [2.75, 3.05) is 0 Å². The molecule has 2 aromatic heterocycles. The Morgan fingerprint density at radius 2 is 2.12 bits per heavy atom. The van der Waals surface area contributed by atoms with Crippen LogP contribution in [-0.2, 0) is 12.8 Å². The predicted octanol–water partition coefficient (Wildman–Crippen LogP) is 2.80. The van der Waals surface area contributed by atoms with E-state index in [9.17, 15) is 4.39 Å². The maximum absolute atomic E-state index is 13.2. The molecule has 1 aliphatic rings. The molecule has 0 saturated carbocycles. The van der Waals surface area contributed by atoms with Crippen LogP contribution < -0.4 is 0 Å². The highest BCUT2D eigenvalue weighted by Gasteiger charge is 2.21. The fraction of sp³-hybridized carbons (Fsp3) is 0.154. The fourth-order valence-electron chi connectivity index (χ4n) is 2.68. The zero-order valence-electron chi connectivity index (χ0n) is 9.05. The van der Waals surface area contributed by atoms with Gasteiger partial charge < -0.3 is 4.98 Å². The van der Waals surface area contributed by atoms with Gasteiger partial charge in [-0.05, 0) is 42.2 Å². The van der Waals surface area contributed by atoms with Crippen LogP contribution in [0.15, 0.2) is 24.4 Å². The van der Waals surface area contributed by atoms with Crippen molar-refractivity contribution in [1.29, 1.82) is 0 Å². The number of fused-ring (bicyclic) bond motifs is 5. The van der Waals surface area contributed by atoms with E-state index in [1.54, 1.807) is 6.07 Å². The summed E-state index contributed by atoms with van der Waals surface area (Å²) in [5, 5.41) is 8.20. The molecule has 0 saturated heterocycles. The standard InChI is InChI=1S/C13H10FN3/c14-8-2-4-9-10-3-1-7-6-15-17-12(7)13(10)16-11(9)5-8/h2,4-6,16H,1,3H2,(H,15,17). The number of aromatic nitrogens is 3. The van der Waals surface area contributed by atoms with Gasteiger partial charge in [0.25, 0.3) is 0 Å². The Balaban J connectivity index is 2.10. The first-order valence-electron chi connectivity index (χ1n) is 5.65. The van der Waals surface area contributed by atoms with Gasteiger partial charge in [-0.2, -0.15) is 5.10 Å². The van der Waals surface area contributed by atoms with Gasteiger partial charge in [0.15, 0.2) is 0 Å². The summed E-state index contributed by atoms with van der Waals surface area (Å²) in [5.74, 6) is -0.207. The summed E-state index contributed by atoms with van der Waals surface area (Å²) < 4.78 is 13.2. The van der Waals surface area contributed by atoms with Gasteiger partial charge in [-0.1, -0.05) is 0 Å². The molecule has 0 bridgehead atoms. The van der Waals surface area contributed by atoms with Gasteiger partial charge in [-0.25, -0.2) is 4.39 Å². The Morgan fingerprint density at radius 1 is 1.18 bits per heavy atom. The fourth-order valence-corrected chi connectivity index (χ4v) is 2.68. The van der Waals surface area contributed by atoms with E-state index in [0.717, 1.165) is 35.1 Å². The van der Waals surface area contributed by atoms with Crippen molar-refractivity contribution in [3.63, 3.8) is 0 Å². The van der Waals surface area contributed by atoms with E-state index in [1.807, 2.05) is 12.3 Å². The monoisotopic (exact) mass is 227 g/mol. The first-order chi connectivity index (χ1) is 8.33. The molecule has 0 amide bonds. The zero-order valence-corrected chi connectivity index (χ0v) is 9.05. The van der Waals surface area contributed by atoms with Crippen LogP contribution in [0.1, 0.15) is 11.1 Å². The number of rotatable bonds is 0. The van der Waals surface area contributed by atoms with E-state index in [2.05, 4.69) is 15.2 Å². The summed E-state index contributed by atoms with van der Waals surface area (Å²) in [6, 6.07) is 4.91. The van der Waals surface area contributed by atoms with Gasteiger partial charge in [0.2, 0.25) is 0 Å². The van der Waals surface area contributed by atoms with Crippen LogP contribution in [0, 0.1) is 5.82 Å². The molecular formula is C13H10FN3. The molecule has 0 spiro atoms. The minimum absolute atomic E-state index is 0.207. The molecule has 1 aliphatic carbocycles. The van der Waals surface area contributed by atoms with Crippen molar-refractivity contribution in [1.82, 2.24) is 15.2 Å². The number of nitrogens with zero attached hydrogens (tertiary/aromatic N) is 1. The second kappa shape index (κ2) is 2.97. The van der Waals surface area contributed by atoms with Crippen molar-refractivity contribution in [2.24, 2.45) is 0 Å². The van der Waals surface area contributed by atoms with Crippen LogP contribution in [-0.4, -0.2) is 15.2 Å². The maximum atomic E-state index is 13.2. The Hall–Kier alpha value is -2.10. The molecule has 3 nitrogen and oxygen atoms in total. The normalized spacial score (nSPS) is 13.7. The second-order valence-corrected chi connectivity index (χ2v) is 4.44. The number of aryl methyl sites for hydroxylation is 2. The molecule has 17 heavy (non-hydrogen) atoms. The molecule has 0 unspecified atom stereocenters. The third kappa shape index (κ3) is 1.12. The average molecular weight is 227 g/mol. The molecule has 2 N–H and O–H groups in total. The summed E-state index contributed by atoms with van der Waals surface area (Å²) >= 11 is 0. The lowest BCUT2D eigenvalue weighted by molar-refractivity contribution is 0.629. The van der Waals surface area contributed by atoms with Crippen LogP contribution in [0.5, 0.6) is 0 Å². The predicted molar refractivity (Wildman–Crippen MR) is 63.2 cm³/mol. The quantitative estimate of drug-likeness (QED) is 0.609. The highest BCUT2D eigenvalue weighted by Crippen LogP contribution is 2.36. The van der Waals surface area contributed by atoms with Crippen LogP contribution >= 0.6 is 0 Å². The minimum Gasteiger partial charge on any atom is -0.353 e.